The number of aryl methyl sites for hydroxylation is 1. The van der Waals surface area contributed by atoms with Gasteiger partial charge in [-0.1, -0.05) is 30.3 Å². The van der Waals surface area contributed by atoms with E-state index in [0.29, 0.717) is 5.69 Å². The molecule has 2 aromatic carbocycles. The molecule has 0 radical (unpaired) electrons. The van der Waals surface area contributed by atoms with E-state index in [-0.39, 0.29) is 11.7 Å². The Balaban J connectivity index is 2.04. The van der Waals surface area contributed by atoms with Crippen LogP contribution in [0.25, 0.3) is 6.08 Å². The summed E-state index contributed by atoms with van der Waals surface area (Å²) in [5.41, 5.74) is 2.49. The van der Waals surface area contributed by atoms with Crippen molar-refractivity contribution in [2.75, 3.05) is 5.32 Å². The molecule has 2 N–H and O–H groups in total. The first-order valence-electron chi connectivity index (χ1n) is 5.99. The average molecular weight is 253 g/mol. The highest BCUT2D eigenvalue weighted by Crippen LogP contribution is 2.20. The third-order valence-electron chi connectivity index (χ3n) is 2.69. The molecule has 0 aliphatic heterocycles. The van der Waals surface area contributed by atoms with Crippen LogP contribution in [0.3, 0.4) is 0 Å². The van der Waals surface area contributed by atoms with Gasteiger partial charge >= 0.3 is 0 Å². The number of phenols is 1. The maximum absolute atomic E-state index is 11.8. The van der Waals surface area contributed by atoms with Crippen LogP contribution >= 0.6 is 0 Å². The molecule has 0 unspecified atom stereocenters. The first kappa shape index (κ1) is 12.9. The van der Waals surface area contributed by atoms with Gasteiger partial charge < -0.3 is 10.4 Å². The lowest BCUT2D eigenvalue weighted by molar-refractivity contribution is -0.111. The standard InChI is InChI=1S/C16H15NO2/c1-12-11-14(18)8-9-15(12)17-16(19)10-7-13-5-3-2-4-6-13/h2-11,18H,1H3,(H,17,19)/b10-7+. The zero-order valence-corrected chi connectivity index (χ0v) is 10.6. The van der Waals surface area contributed by atoms with Gasteiger partial charge in [-0.25, -0.2) is 0 Å². The van der Waals surface area contributed by atoms with E-state index in [2.05, 4.69) is 5.32 Å². The van der Waals surface area contributed by atoms with Gasteiger partial charge in [0, 0.05) is 11.8 Å². The Bertz CT molecular complexity index is 603. The lowest BCUT2D eigenvalue weighted by atomic mass is 10.2. The largest absolute Gasteiger partial charge is 0.508 e. The van der Waals surface area contributed by atoms with Crippen molar-refractivity contribution >= 4 is 17.7 Å². The van der Waals surface area contributed by atoms with Crippen LogP contribution < -0.4 is 5.32 Å². The number of rotatable bonds is 3. The van der Waals surface area contributed by atoms with Crippen LogP contribution in [0.5, 0.6) is 5.75 Å². The van der Waals surface area contributed by atoms with Crippen molar-refractivity contribution in [1.29, 1.82) is 0 Å². The molecule has 2 aromatic rings. The summed E-state index contributed by atoms with van der Waals surface area (Å²) in [5, 5.41) is 12.1. The first-order chi connectivity index (χ1) is 9.15. The predicted molar refractivity (Wildman–Crippen MR) is 76.9 cm³/mol. The van der Waals surface area contributed by atoms with E-state index < -0.39 is 0 Å². The molecule has 3 nitrogen and oxygen atoms in total. The number of anilines is 1. The van der Waals surface area contributed by atoms with E-state index in [1.54, 1.807) is 24.3 Å². The molecule has 0 aliphatic rings. The topological polar surface area (TPSA) is 49.3 Å². The Hall–Kier alpha value is -2.55. The molecule has 0 atom stereocenters. The average Bonchev–Trinajstić information content (AvgIpc) is 2.41. The maximum Gasteiger partial charge on any atom is 0.248 e. The lowest BCUT2D eigenvalue weighted by Gasteiger charge is -2.06. The van der Waals surface area contributed by atoms with Gasteiger partial charge in [-0.3, -0.25) is 4.79 Å². The van der Waals surface area contributed by atoms with E-state index in [1.165, 1.54) is 6.08 Å². The summed E-state index contributed by atoms with van der Waals surface area (Å²) in [6, 6.07) is 14.4. The van der Waals surface area contributed by atoms with Gasteiger partial charge in [0.25, 0.3) is 0 Å². The molecule has 0 spiro atoms. The fourth-order valence-electron chi connectivity index (χ4n) is 1.70. The summed E-state index contributed by atoms with van der Waals surface area (Å²) in [6.45, 7) is 1.83. The fourth-order valence-corrected chi connectivity index (χ4v) is 1.70. The van der Waals surface area contributed by atoms with Crippen LogP contribution in [0.4, 0.5) is 5.69 Å². The van der Waals surface area contributed by atoms with E-state index >= 15 is 0 Å². The van der Waals surface area contributed by atoms with Crippen molar-refractivity contribution in [1.82, 2.24) is 0 Å². The third-order valence-corrected chi connectivity index (χ3v) is 2.69. The second-order valence-corrected chi connectivity index (χ2v) is 4.23. The molecule has 0 bridgehead atoms. The van der Waals surface area contributed by atoms with Crippen molar-refractivity contribution in [3.63, 3.8) is 0 Å². The highest BCUT2D eigenvalue weighted by Gasteiger charge is 2.02. The second-order valence-electron chi connectivity index (χ2n) is 4.23. The molecule has 96 valence electrons. The van der Waals surface area contributed by atoms with Crippen LogP contribution in [0.2, 0.25) is 0 Å². The Labute approximate surface area is 112 Å². The summed E-state index contributed by atoms with van der Waals surface area (Å²) in [5.74, 6) is -0.00651. The molecular formula is C16H15NO2. The zero-order chi connectivity index (χ0) is 13.7. The molecule has 0 aliphatic carbocycles. The van der Waals surface area contributed by atoms with Gasteiger partial charge in [-0.05, 0) is 42.3 Å². The van der Waals surface area contributed by atoms with Crippen LogP contribution in [0.15, 0.2) is 54.6 Å². The molecule has 0 saturated heterocycles. The van der Waals surface area contributed by atoms with Gasteiger partial charge in [0.2, 0.25) is 5.91 Å². The predicted octanol–water partition coefficient (Wildman–Crippen LogP) is 3.35. The van der Waals surface area contributed by atoms with Crippen LogP contribution in [0, 0.1) is 6.92 Å². The van der Waals surface area contributed by atoms with Gasteiger partial charge in [0.15, 0.2) is 0 Å². The summed E-state index contributed by atoms with van der Waals surface area (Å²) in [4.78, 5) is 11.8. The molecule has 0 heterocycles. The fraction of sp³-hybridized carbons (Fsp3) is 0.0625. The number of amides is 1. The number of nitrogens with one attached hydrogen (secondary N) is 1. The Morgan fingerprint density at radius 3 is 2.58 bits per heavy atom. The number of hydrogen-bond acceptors (Lipinski definition) is 2. The van der Waals surface area contributed by atoms with Crippen molar-refractivity contribution in [3.8, 4) is 5.75 Å². The molecular weight excluding hydrogens is 238 g/mol. The van der Waals surface area contributed by atoms with Crippen LogP contribution in [-0.4, -0.2) is 11.0 Å². The van der Waals surface area contributed by atoms with Crippen molar-refractivity contribution in [2.24, 2.45) is 0 Å². The molecule has 19 heavy (non-hydrogen) atoms. The minimum absolute atomic E-state index is 0.190. The van der Waals surface area contributed by atoms with E-state index in [4.69, 9.17) is 0 Å². The summed E-state index contributed by atoms with van der Waals surface area (Å²) in [7, 11) is 0. The SMILES string of the molecule is Cc1cc(O)ccc1NC(=O)/C=C/c1ccccc1. The van der Waals surface area contributed by atoms with Crippen LogP contribution in [-0.2, 0) is 4.79 Å². The highest BCUT2D eigenvalue weighted by atomic mass is 16.3. The Kier molecular flexibility index (Phi) is 3.98. The molecule has 0 saturated carbocycles. The minimum Gasteiger partial charge on any atom is -0.508 e. The third kappa shape index (κ3) is 3.71. The molecule has 0 fully saturated rings. The van der Waals surface area contributed by atoms with Gasteiger partial charge in [-0.2, -0.15) is 0 Å². The van der Waals surface area contributed by atoms with Gasteiger partial charge in [0.1, 0.15) is 5.75 Å². The maximum atomic E-state index is 11.8. The Morgan fingerprint density at radius 1 is 1.16 bits per heavy atom. The minimum atomic E-state index is -0.197. The van der Waals surface area contributed by atoms with E-state index in [0.717, 1.165) is 11.1 Å². The number of carbonyl (C=O) groups excluding carboxylic acids is 1. The van der Waals surface area contributed by atoms with Gasteiger partial charge in [0.05, 0.1) is 0 Å². The zero-order valence-electron chi connectivity index (χ0n) is 10.6. The number of phenolic OH excluding ortho intramolecular Hbond substituents is 1. The molecule has 3 heteroatoms. The lowest BCUT2D eigenvalue weighted by Crippen LogP contribution is -2.08. The summed E-state index contributed by atoms with van der Waals surface area (Å²) in [6.07, 6.45) is 3.24. The first-order valence-corrected chi connectivity index (χ1v) is 5.99. The van der Waals surface area contributed by atoms with Gasteiger partial charge in [-0.15, -0.1) is 0 Å². The summed E-state index contributed by atoms with van der Waals surface area (Å²) >= 11 is 0. The van der Waals surface area contributed by atoms with Crippen molar-refractivity contribution in [2.45, 2.75) is 6.92 Å². The number of benzene rings is 2. The number of aromatic hydroxyl groups is 1. The van der Waals surface area contributed by atoms with E-state index in [9.17, 15) is 9.90 Å². The Morgan fingerprint density at radius 2 is 1.89 bits per heavy atom. The number of hydrogen-bond donors (Lipinski definition) is 2. The quantitative estimate of drug-likeness (QED) is 0.651. The molecule has 1 amide bonds. The smallest absolute Gasteiger partial charge is 0.248 e. The molecule has 2 rings (SSSR count). The normalized spacial score (nSPS) is 10.6. The van der Waals surface area contributed by atoms with Crippen molar-refractivity contribution in [3.05, 3.63) is 65.7 Å². The van der Waals surface area contributed by atoms with E-state index in [1.807, 2.05) is 37.3 Å². The van der Waals surface area contributed by atoms with Crippen LogP contribution in [0.1, 0.15) is 11.1 Å². The summed E-state index contributed by atoms with van der Waals surface area (Å²) < 4.78 is 0. The second kappa shape index (κ2) is 5.87. The highest BCUT2D eigenvalue weighted by molar-refractivity contribution is 6.02. The monoisotopic (exact) mass is 253 g/mol. The number of carbonyl (C=O) groups is 1. The van der Waals surface area contributed by atoms with Crippen molar-refractivity contribution < 1.29 is 9.90 Å². The molecule has 0 aromatic heterocycles.